The largest absolute Gasteiger partial charge is 0.376 e. The summed E-state index contributed by atoms with van der Waals surface area (Å²) in [6.45, 7) is 3.44. The number of fused-ring (bicyclic) bond motifs is 1. The third-order valence-corrected chi connectivity index (χ3v) is 5.75. The molecular weight excluding hydrogens is 362 g/mol. The van der Waals surface area contributed by atoms with Gasteiger partial charge >= 0.3 is 0 Å². The number of nitrogen functional groups attached to an aromatic ring is 1. The van der Waals surface area contributed by atoms with Gasteiger partial charge in [0.05, 0.1) is 23.6 Å². The molecule has 1 saturated heterocycles. The smallest absolute Gasteiger partial charge is 0.262 e. The van der Waals surface area contributed by atoms with Crippen molar-refractivity contribution in [2.75, 3.05) is 12.3 Å². The fourth-order valence-corrected chi connectivity index (χ4v) is 4.03. The lowest BCUT2D eigenvalue weighted by atomic mass is 10.0. The van der Waals surface area contributed by atoms with Gasteiger partial charge in [0.25, 0.3) is 5.56 Å². The second-order valence-corrected chi connectivity index (χ2v) is 7.91. The minimum atomic E-state index is -0.0965. The third-order valence-electron chi connectivity index (χ3n) is 5.75. The van der Waals surface area contributed by atoms with E-state index in [1.54, 1.807) is 4.57 Å². The zero-order valence-corrected chi connectivity index (χ0v) is 17.1. The summed E-state index contributed by atoms with van der Waals surface area (Å²) in [7, 11) is 0. The van der Waals surface area contributed by atoms with E-state index in [9.17, 15) is 4.79 Å². The quantitative estimate of drug-likeness (QED) is 0.600. The molecule has 1 aromatic heterocycles. The highest BCUT2D eigenvalue weighted by atomic mass is 16.5. The Kier molecular flexibility index (Phi) is 5.95. The maximum atomic E-state index is 12.9. The molecule has 0 bridgehead atoms. The highest BCUT2D eigenvalue weighted by molar-refractivity contribution is 5.84. The number of hydrogen-bond donors (Lipinski definition) is 1. The molecule has 1 aliphatic heterocycles. The molecule has 1 unspecified atom stereocenters. The number of aryl methyl sites for hydroxylation is 1. The van der Waals surface area contributed by atoms with Crippen LogP contribution in [0.15, 0.2) is 47.3 Å². The Hall–Kier alpha value is -2.66. The van der Waals surface area contributed by atoms with E-state index in [1.807, 2.05) is 18.2 Å². The van der Waals surface area contributed by atoms with Gasteiger partial charge in [-0.15, -0.1) is 0 Å². The van der Waals surface area contributed by atoms with Crippen molar-refractivity contribution < 1.29 is 4.74 Å². The van der Waals surface area contributed by atoms with Crippen LogP contribution in [0.4, 0.5) is 5.95 Å². The third kappa shape index (κ3) is 4.35. The van der Waals surface area contributed by atoms with Crippen LogP contribution in [0.25, 0.3) is 22.0 Å². The van der Waals surface area contributed by atoms with Crippen molar-refractivity contribution in [2.24, 2.45) is 0 Å². The first kappa shape index (κ1) is 19.6. The Morgan fingerprint density at radius 2 is 1.93 bits per heavy atom. The van der Waals surface area contributed by atoms with Crippen molar-refractivity contribution >= 4 is 16.9 Å². The average Bonchev–Trinajstić information content (AvgIpc) is 3.25. The fourth-order valence-electron chi connectivity index (χ4n) is 4.03. The van der Waals surface area contributed by atoms with Gasteiger partial charge in [-0.25, -0.2) is 4.98 Å². The Bertz CT molecular complexity index is 1030. The van der Waals surface area contributed by atoms with Crippen LogP contribution in [-0.2, 0) is 17.7 Å². The number of hydrogen-bond acceptors (Lipinski definition) is 4. The molecule has 152 valence electrons. The first-order valence-corrected chi connectivity index (χ1v) is 10.7. The Labute approximate surface area is 171 Å². The topological polar surface area (TPSA) is 70.1 Å². The maximum Gasteiger partial charge on any atom is 0.262 e. The monoisotopic (exact) mass is 391 g/mol. The summed E-state index contributed by atoms with van der Waals surface area (Å²) < 4.78 is 7.20. The van der Waals surface area contributed by atoms with Crippen LogP contribution in [0.1, 0.15) is 44.6 Å². The second-order valence-electron chi connectivity index (χ2n) is 7.91. The predicted octanol–water partition coefficient (Wildman–Crippen LogP) is 4.56. The number of nitrogens with zero attached hydrogens (tertiary/aromatic N) is 2. The van der Waals surface area contributed by atoms with E-state index in [2.05, 4.69) is 36.2 Å². The number of aromatic nitrogens is 2. The Morgan fingerprint density at radius 1 is 1.14 bits per heavy atom. The van der Waals surface area contributed by atoms with Gasteiger partial charge in [0, 0.05) is 6.61 Å². The molecule has 29 heavy (non-hydrogen) atoms. The molecule has 1 atom stereocenters. The molecule has 2 N–H and O–H groups in total. The van der Waals surface area contributed by atoms with Crippen LogP contribution in [0.3, 0.4) is 0 Å². The molecule has 0 saturated carbocycles. The summed E-state index contributed by atoms with van der Waals surface area (Å²) in [6.07, 6.45) is 6.88. The van der Waals surface area contributed by atoms with Crippen LogP contribution in [0, 0.1) is 0 Å². The maximum absolute atomic E-state index is 12.9. The summed E-state index contributed by atoms with van der Waals surface area (Å²) in [5.41, 5.74) is 10.2. The highest BCUT2D eigenvalue weighted by Gasteiger charge is 2.19. The number of benzene rings is 2. The van der Waals surface area contributed by atoms with Crippen molar-refractivity contribution in [3.63, 3.8) is 0 Å². The van der Waals surface area contributed by atoms with Crippen molar-refractivity contribution in [1.82, 2.24) is 9.55 Å². The summed E-state index contributed by atoms with van der Waals surface area (Å²) >= 11 is 0. The average molecular weight is 392 g/mol. The van der Waals surface area contributed by atoms with Crippen LogP contribution in [-0.4, -0.2) is 22.3 Å². The number of ether oxygens (including phenoxy) is 1. The Morgan fingerprint density at radius 3 is 2.66 bits per heavy atom. The summed E-state index contributed by atoms with van der Waals surface area (Å²) in [5, 5.41) is 0.595. The molecule has 3 aromatic rings. The lowest BCUT2D eigenvalue weighted by molar-refractivity contribution is 0.0966. The van der Waals surface area contributed by atoms with Gasteiger partial charge in [0.1, 0.15) is 0 Å². The Balaban J connectivity index is 1.60. The molecule has 4 rings (SSSR count). The minimum Gasteiger partial charge on any atom is -0.376 e. The van der Waals surface area contributed by atoms with E-state index in [1.165, 1.54) is 24.8 Å². The van der Waals surface area contributed by atoms with Crippen LogP contribution < -0.4 is 11.3 Å². The summed E-state index contributed by atoms with van der Waals surface area (Å²) in [6, 6.07) is 14.5. The summed E-state index contributed by atoms with van der Waals surface area (Å²) in [4.78, 5) is 17.5. The molecule has 2 aromatic carbocycles. The number of nitrogens with two attached hydrogens (primary N) is 1. The molecule has 0 radical (unpaired) electrons. The van der Waals surface area contributed by atoms with Gasteiger partial charge < -0.3 is 10.5 Å². The molecule has 5 nitrogen and oxygen atoms in total. The normalized spacial score (nSPS) is 16.5. The molecule has 1 fully saturated rings. The van der Waals surface area contributed by atoms with Gasteiger partial charge in [-0.2, -0.15) is 0 Å². The standard InChI is InChI=1S/C24H29N3O2/c1-2-3-4-6-17-8-10-18(11-9-17)19-12-13-21-22(15-19)26-24(25)27(23(21)28)16-20-7-5-14-29-20/h8-13,15,20H,2-7,14,16H2,1H3,(H2,25,26). The van der Waals surface area contributed by atoms with E-state index in [4.69, 9.17) is 10.5 Å². The first-order valence-electron chi connectivity index (χ1n) is 10.7. The zero-order valence-electron chi connectivity index (χ0n) is 17.1. The summed E-state index contributed by atoms with van der Waals surface area (Å²) in [5.74, 6) is 0.251. The molecule has 1 aliphatic rings. The SMILES string of the molecule is CCCCCc1ccc(-c2ccc3c(=O)n(CC4CCCO4)c(N)nc3c2)cc1. The zero-order chi connectivity index (χ0) is 20.2. The number of rotatable bonds is 7. The predicted molar refractivity (Wildman–Crippen MR) is 118 cm³/mol. The number of anilines is 1. The van der Waals surface area contributed by atoms with Crippen molar-refractivity contribution in [3.05, 3.63) is 58.4 Å². The van der Waals surface area contributed by atoms with Gasteiger partial charge in [-0.3, -0.25) is 9.36 Å². The lowest BCUT2D eigenvalue weighted by Crippen LogP contribution is -2.29. The van der Waals surface area contributed by atoms with E-state index < -0.39 is 0 Å². The molecule has 2 heterocycles. The fraction of sp³-hybridized carbons (Fsp3) is 0.417. The highest BCUT2D eigenvalue weighted by Crippen LogP contribution is 2.24. The lowest BCUT2D eigenvalue weighted by Gasteiger charge is -2.14. The van der Waals surface area contributed by atoms with E-state index in [0.29, 0.717) is 17.4 Å². The van der Waals surface area contributed by atoms with Gasteiger partial charge in [-0.05, 0) is 54.5 Å². The first-order chi connectivity index (χ1) is 14.2. The second kappa shape index (κ2) is 8.78. The molecular formula is C24H29N3O2. The van der Waals surface area contributed by atoms with Gasteiger partial charge in [0.2, 0.25) is 5.95 Å². The van der Waals surface area contributed by atoms with Crippen molar-refractivity contribution in [3.8, 4) is 11.1 Å². The van der Waals surface area contributed by atoms with Crippen molar-refractivity contribution in [1.29, 1.82) is 0 Å². The number of unbranched alkanes of at least 4 members (excludes halogenated alkanes) is 2. The van der Waals surface area contributed by atoms with Gasteiger partial charge in [-0.1, -0.05) is 50.1 Å². The van der Waals surface area contributed by atoms with Crippen LogP contribution in [0.5, 0.6) is 0 Å². The van der Waals surface area contributed by atoms with E-state index >= 15 is 0 Å². The van der Waals surface area contributed by atoms with Gasteiger partial charge in [0.15, 0.2) is 0 Å². The molecule has 0 aliphatic carbocycles. The van der Waals surface area contributed by atoms with E-state index in [0.717, 1.165) is 37.0 Å². The molecule has 0 spiro atoms. The van der Waals surface area contributed by atoms with E-state index in [-0.39, 0.29) is 17.6 Å². The molecule has 0 amide bonds. The van der Waals surface area contributed by atoms with Crippen LogP contribution >= 0.6 is 0 Å². The molecule has 5 heteroatoms. The van der Waals surface area contributed by atoms with Crippen molar-refractivity contribution in [2.45, 2.75) is 58.1 Å². The van der Waals surface area contributed by atoms with Crippen LogP contribution in [0.2, 0.25) is 0 Å². The minimum absolute atomic E-state index is 0.0457.